The highest BCUT2D eigenvalue weighted by atomic mass is 16.4. The van der Waals surface area contributed by atoms with Gasteiger partial charge in [0.25, 0.3) is 5.78 Å². The fourth-order valence-corrected chi connectivity index (χ4v) is 1.11. The number of hydrogen-bond acceptors (Lipinski definition) is 4. The lowest BCUT2D eigenvalue weighted by Crippen LogP contribution is -2.08. The van der Waals surface area contributed by atoms with Gasteiger partial charge >= 0.3 is 11.9 Å². The summed E-state index contributed by atoms with van der Waals surface area (Å²) in [4.78, 5) is 31.7. The highest BCUT2D eigenvalue weighted by Crippen LogP contribution is 2.23. The van der Waals surface area contributed by atoms with Crippen LogP contribution in [0.1, 0.15) is 15.9 Å². The van der Waals surface area contributed by atoms with Crippen LogP contribution >= 0.6 is 0 Å². The van der Waals surface area contributed by atoms with E-state index in [9.17, 15) is 19.5 Å². The first-order valence-electron chi connectivity index (χ1n) is 4.44. The standard InChI is InChI=1S/C11H8O6/c12-8(11(16)17)5-4-6-2-1-3-7(9(6)13)10(14)15/h1-5,13H,(H,14,15)(H,16,17). The van der Waals surface area contributed by atoms with Crippen molar-refractivity contribution < 1.29 is 29.7 Å². The molecule has 6 nitrogen and oxygen atoms in total. The van der Waals surface area contributed by atoms with Crippen molar-refractivity contribution >= 4 is 23.8 Å². The first-order valence-corrected chi connectivity index (χ1v) is 4.44. The van der Waals surface area contributed by atoms with Gasteiger partial charge in [0.05, 0.1) is 0 Å². The average molecular weight is 236 g/mol. The maximum atomic E-state index is 10.8. The third-order valence-electron chi connectivity index (χ3n) is 1.92. The van der Waals surface area contributed by atoms with Crippen LogP contribution in [0.5, 0.6) is 5.75 Å². The summed E-state index contributed by atoms with van der Waals surface area (Å²) in [5, 5.41) is 26.5. The number of carbonyl (C=O) groups is 3. The topological polar surface area (TPSA) is 112 Å². The molecule has 0 atom stereocenters. The van der Waals surface area contributed by atoms with E-state index in [1.807, 2.05) is 0 Å². The molecule has 0 heterocycles. The molecular formula is C11H8O6. The fourth-order valence-electron chi connectivity index (χ4n) is 1.11. The number of carbonyl (C=O) groups excluding carboxylic acids is 1. The first-order chi connectivity index (χ1) is 7.93. The number of para-hydroxylation sites is 1. The molecule has 1 rings (SSSR count). The van der Waals surface area contributed by atoms with Crippen LogP contribution < -0.4 is 0 Å². The van der Waals surface area contributed by atoms with Crippen LogP contribution in [0.15, 0.2) is 24.3 Å². The number of ketones is 1. The molecule has 0 radical (unpaired) electrons. The molecule has 0 saturated heterocycles. The Morgan fingerprint density at radius 2 is 1.76 bits per heavy atom. The highest BCUT2D eigenvalue weighted by molar-refractivity contribution is 6.38. The molecule has 0 aromatic heterocycles. The molecule has 0 aliphatic heterocycles. The zero-order chi connectivity index (χ0) is 13.0. The summed E-state index contributed by atoms with van der Waals surface area (Å²) in [5.41, 5.74) is -0.269. The Morgan fingerprint density at radius 3 is 2.29 bits per heavy atom. The summed E-state index contributed by atoms with van der Waals surface area (Å²) in [6, 6.07) is 3.91. The van der Waals surface area contributed by atoms with Crippen LogP contribution in [-0.2, 0) is 9.59 Å². The Morgan fingerprint density at radius 1 is 1.12 bits per heavy atom. The lowest BCUT2D eigenvalue weighted by atomic mass is 10.1. The summed E-state index contributed by atoms with van der Waals surface area (Å²) < 4.78 is 0. The van der Waals surface area contributed by atoms with Crippen molar-refractivity contribution in [3.8, 4) is 5.75 Å². The van der Waals surface area contributed by atoms with Crippen molar-refractivity contribution in [3.63, 3.8) is 0 Å². The summed E-state index contributed by atoms with van der Waals surface area (Å²) in [6.07, 6.45) is 1.78. The molecule has 0 fully saturated rings. The zero-order valence-corrected chi connectivity index (χ0v) is 8.45. The second kappa shape index (κ2) is 4.93. The van der Waals surface area contributed by atoms with Crippen LogP contribution in [0.2, 0.25) is 0 Å². The molecular weight excluding hydrogens is 228 g/mol. The predicted molar refractivity (Wildman–Crippen MR) is 56.7 cm³/mol. The lowest BCUT2D eigenvalue weighted by Gasteiger charge is -2.02. The monoisotopic (exact) mass is 236 g/mol. The molecule has 17 heavy (non-hydrogen) atoms. The molecule has 0 bridgehead atoms. The van der Waals surface area contributed by atoms with Gasteiger partial charge in [-0.2, -0.15) is 0 Å². The Bertz CT molecular complexity index is 515. The zero-order valence-electron chi connectivity index (χ0n) is 8.45. The van der Waals surface area contributed by atoms with Crippen LogP contribution in [0, 0.1) is 0 Å². The van der Waals surface area contributed by atoms with Crippen molar-refractivity contribution in [2.75, 3.05) is 0 Å². The lowest BCUT2D eigenvalue weighted by molar-refractivity contribution is -0.146. The minimum atomic E-state index is -1.63. The minimum absolute atomic E-state index is 0.0551. The molecule has 0 amide bonds. The molecule has 0 aliphatic rings. The van der Waals surface area contributed by atoms with E-state index in [0.29, 0.717) is 0 Å². The summed E-state index contributed by atoms with van der Waals surface area (Å²) in [7, 11) is 0. The summed E-state index contributed by atoms with van der Waals surface area (Å²) in [5.74, 6) is -4.63. The van der Waals surface area contributed by atoms with Gasteiger partial charge in [-0.1, -0.05) is 12.1 Å². The second-order valence-corrected chi connectivity index (χ2v) is 3.05. The number of carboxylic acids is 2. The van der Waals surface area contributed by atoms with Crippen LogP contribution in [0.4, 0.5) is 0 Å². The maximum Gasteiger partial charge on any atom is 0.376 e. The van der Waals surface area contributed by atoms with E-state index in [1.165, 1.54) is 18.2 Å². The van der Waals surface area contributed by atoms with Gasteiger partial charge in [0.2, 0.25) is 0 Å². The quantitative estimate of drug-likeness (QED) is 0.525. The highest BCUT2D eigenvalue weighted by Gasteiger charge is 2.12. The molecule has 1 aromatic carbocycles. The predicted octanol–water partition coefficient (Wildman–Crippen LogP) is 0.757. The first kappa shape index (κ1) is 12.4. The van der Waals surface area contributed by atoms with E-state index in [1.54, 1.807) is 0 Å². The van der Waals surface area contributed by atoms with E-state index < -0.39 is 23.5 Å². The molecule has 3 N–H and O–H groups in total. The normalized spacial score (nSPS) is 10.4. The van der Waals surface area contributed by atoms with E-state index in [0.717, 1.165) is 12.2 Å². The SMILES string of the molecule is O=C(O)C(=O)C=Cc1cccc(C(=O)O)c1O. The third kappa shape index (κ3) is 2.91. The van der Waals surface area contributed by atoms with Gasteiger partial charge in [-0.05, 0) is 18.2 Å². The van der Waals surface area contributed by atoms with Crippen LogP contribution in [-0.4, -0.2) is 33.0 Å². The number of rotatable bonds is 4. The van der Waals surface area contributed by atoms with Crippen molar-refractivity contribution in [2.45, 2.75) is 0 Å². The van der Waals surface area contributed by atoms with Gasteiger partial charge in [-0.25, -0.2) is 9.59 Å². The van der Waals surface area contributed by atoms with E-state index >= 15 is 0 Å². The smallest absolute Gasteiger partial charge is 0.376 e. The fraction of sp³-hybridized carbons (Fsp3) is 0. The van der Waals surface area contributed by atoms with Gasteiger partial charge < -0.3 is 15.3 Å². The number of benzene rings is 1. The molecule has 88 valence electrons. The number of aromatic hydroxyl groups is 1. The van der Waals surface area contributed by atoms with Gasteiger partial charge in [-0.3, -0.25) is 4.79 Å². The molecule has 1 aromatic rings. The second-order valence-electron chi connectivity index (χ2n) is 3.05. The molecule has 0 saturated carbocycles. The molecule has 6 heteroatoms. The van der Waals surface area contributed by atoms with Crippen LogP contribution in [0.3, 0.4) is 0 Å². The third-order valence-corrected chi connectivity index (χ3v) is 1.92. The Kier molecular flexibility index (Phi) is 3.61. The van der Waals surface area contributed by atoms with Gasteiger partial charge in [-0.15, -0.1) is 0 Å². The number of phenols is 1. The van der Waals surface area contributed by atoms with E-state index in [4.69, 9.17) is 10.2 Å². The Labute approximate surface area is 95.4 Å². The van der Waals surface area contributed by atoms with Crippen LogP contribution in [0.25, 0.3) is 6.08 Å². The number of aromatic carboxylic acids is 1. The number of carboxylic acid groups (broad SMARTS) is 2. The molecule has 0 spiro atoms. The van der Waals surface area contributed by atoms with Crippen molar-refractivity contribution in [3.05, 3.63) is 35.4 Å². The van der Waals surface area contributed by atoms with E-state index in [2.05, 4.69) is 0 Å². The maximum absolute atomic E-state index is 10.8. The average Bonchev–Trinajstić information content (AvgIpc) is 2.26. The molecule has 0 unspecified atom stereocenters. The van der Waals surface area contributed by atoms with Gasteiger partial charge in [0, 0.05) is 5.56 Å². The van der Waals surface area contributed by atoms with Crippen molar-refractivity contribution in [2.24, 2.45) is 0 Å². The van der Waals surface area contributed by atoms with Gasteiger partial charge in [0.15, 0.2) is 0 Å². The minimum Gasteiger partial charge on any atom is -0.506 e. The van der Waals surface area contributed by atoms with Crippen molar-refractivity contribution in [1.82, 2.24) is 0 Å². The van der Waals surface area contributed by atoms with E-state index in [-0.39, 0.29) is 11.1 Å². The molecule has 0 aliphatic carbocycles. The Balaban J connectivity index is 3.08. The summed E-state index contributed by atoms with van der Waals surface area (Å²) in [6.45, 7) is 0. The number of hydrogen-bond donors (Lipinski definition) is 3. The van der Waals surface area contributed by atoms with Gasteiger partial charge in [0.1, 0.15) is 11.3 Å². The number of aliphatic carboxylic acids is 1. The summed E-state index contributed by atoms with van der Waals surface area (Å²) >= 11 is 0. The Hall–Kier alpha value is -2.63. The van der Waals surface area contributed by atoms with Crippen molar-refractivity contribution in [1.29, 1.82) is 0 Å². The largest absolute Gasteiger partial charge is 0.506 e.